The molecular formula is C31H39BrF2N4O4. The number of carbonyl (C=O) groups is 2. The van der Waals surface area contributed by atoms with Crippen LogP contribution < -0.4 is 21.1 Å². The van der Waals surface area contributed by atoms with Crippen LogP contribution in [0.5, 0.6) is 0 Å². The number of amides is 2. The van der Waals surface area contributed by atoms with E-state index in [0.717, 1.165) is 57.1 Å². The van der Waals surface area contributed by atoms with Gasteiger partial charge in [-0.15, -0.1) is 0 Å². The van der Waals surface area contributed by atoms with Crippen molar-refractivity contribution in [2.75, 3.05) is 31.2 Å². The van der Waals surface area contributed by atoms with Crippen molar-refractivity contribution in [3.05, 3.63) is 62.0 Å². The first-order chi connectivity index (χ1) is 20.1. The molecule has 0 spiro atoms. The van der Waals surface area contributed by atoms with Crippen LogP contribution in [0.2, 0.25) is 0 Å². The standard InChI is InChI=1S/C31H39BrF2N4O4/c1-18(2)26(35-30(40)23-16-21(32)17-38(31(23)41)22-8-9-22)27(19-6-4-3-5-7-19)36-29(39)20-14-24(33)28(25(34)15-20)37-10-12-42-13-11-37/h14-19,22,26-27H,3-13H2,1-2H3,(H,35,40)(H,36,39). The molecule has 2 amide bonds. The molecule has 228 valence electrons. The summed E-state index contributed by atoms with van der Waals surface area (Å²) in [5.74, 6) is -2.75. The summed E-state index contributed by atoms with van der Waals surface area (Å²) in [4.78, 5) is 41.9. The number of hydrogen-bond donors (Lipinski definition) is 2. The third-order valence-electron chi connectivity index (χ3n) is 8.66. The molecule has 2 N–H and O–H groups in total. The first kappa shape index (κ1) is 30.7. The maximum absolute atomic E-state index is 15.2. The number of morpholine rings is 1. The minimum Gasteiger partial charge on any atom is -0.378 e. The number of ether oxygens (including phenoxy) is 1. The van der Waals surface area contributed by atoms with Gasteiger partial charge in [0, 0.05) is 35.4 Å². The van der Waals surface area contributed by atoms with Crippen molar-refractivity contribution in [1.82, 2.24) is 15.2 Å². The monoisotopic (exact) mass is 648 g/mol. The van der Waals surface area contributed by atoms with Crippen molar-refractivity contribution in [3.63, 3.8) is 0 Å². The molecule has 8 nitrogen and oxygen atoms in total. The van der Waals surface area contributed by atoms with Crippen LogP contribution in [0.4, 0.5) is 14.5 Å². The lowest BCUT2D eigenvalue weighted by Gasteiger charge is -2.39. The number of benzene rings is 1. The molecule has 0 bridgehead atoms. The number of nitrogens with zero attached hydrogens (tertiary/aromatic N) is 2. The van der Waals surface area contributed by atoms with Gasteiger partial charge in [0.05, 0.1) is 25.3 Å². The summed E-state index contributed by atoms with van der Waals surface area (Å²) in [5, 5.41) is 6.11. The van der Waals surface area contributed by atoms with Gasteiger partial charge < -0.3 is 24.8 Å². The van der Waals surface area contributed by atoms with E-state index >= 15 is 8.78 Å². The summed E-state index contributed by atoms with van der Waals surface area (Å²) in [6.45, 7) is 5.38. The van der Waals surface area contributed by atoms with Gasteiger partial charge in [-0.05, 0) is 71.6 Å². The van der Waals surface area contributed by atoms with E-state index in [-0.39, 0.29) is 40.3 Å². The van der Waals surface area contributed by atoms with Gasteiger partial charge in [-0.2, -0.15) is 0 Å². The highest BCUT2D eigenvalue weighted by atomic mass is 79.9. The van der Waals surface area contributed by atoms with Gasteiger partial charge in [0.1, 0.15) is 22.9 Å². The Labute approximate surface area is 253 Å². The maximum Gasteiger partial charge on any atom is 0.263 e. The number of hydrogen-bond acceptors (Lipinski definition) is 5. The lowest BCUT2D eigenvalue weighted by Crippen LogP contribution is -2.58. The van der Waals surface area contributed by atoms with Crippen LogP contribution in [0.25, 0.3) is 0 Å². The van der Waals surface area contributed by atoms with Gasteiger partial charge in [0.15, 0.2) is 0 Å². The highest BCUT2D eigenvalue weighted by Crippen LogP contribution is 2.34. The Balaban J connectivity index is 1.40. The predicted octanol–water partition coefficient (Wildman–Crippen LogP) is 5.19. The van der Waals surface area contributed by atoms with Gasteiger partial charge in [0.25, 0.3) is 17.4 Å². The molecule has 2 unspecified atom stereocenters. The molecule has 1 aromatic heterocycles. The highest BCUT2D eigenvalue weighted by Gasteiger charge is 2.36. The number of pyridine rings is 1. The van der Waals surface area contributed by atoms with E-state index in [1.807, 2.05) is 13.8 Å². The van der Waals surface area contributed by atoms with Gasteiger partial charge in [0.2, 0.25) is 0 Å². The van der Waals surface area contributed by atoms with Crippen LogP contribution in [0.1, 0.15) is 85.6 Å². The number of nitrogens with one attached hydrogen (secondary N) is 2. The molecule has 42 heavy (non-hydrogen) atoms. The molecule has 2 aromatic rings. The smallest absolute Gasteiger partial charge is 0.263 e. The van der Waals surface area contributed by atoms with Crippen LogP contribution in [0, 0.1) is 23.5 Å². The Morgan fingerprint density at radius 2 is 1.60 bits per heavy atom. The molecule has 1 saturated heterocycles. The third-order valence-corrected chi connectivity index (χ3v) is 9.09. The average Bonchev–Trinajstić information content (AvgIpc) is 3.82. The number of halogens is 3. The van der Waals surface area contributed by atoms with Gasteiger partial charge in [-0.3, -0.25) is 14.4 Å². The van der Waals surface area contributed by atoms with Crippen molar-refractivity contribution in [1.29, 1.82) is 0 Å². The van der Waals surface area contributed by atoms with Crippen LogP contribution in [-0.4, -0.2) is 54.8 Å². The zero-order chi connectivity index (χ0) is 30.0. The first-order valence-corrected chi connectivity index (χ1v) is 15.8. The third kappa shape index (κ3) is 6.88. The molecule has 2 aliphatic carbocycles. The predicted molar refractivity (Wildman–Crippen MR) is 160 cm³/mol. The fourth-order valence-corrected chi connectivity index (χ4v) is 6.72. The van der Waals surface area contributed by atoms with Crippen molar-refractivity contribution in [2.45, 2.75) is 76.9 Å². The summed E-state index contributed by atoms with van der Waals surface area (Å²) in [7, 11) is 0. The average molecular weight is 650 g/mol. The largest absolute Gasteiger partial charge is 0.378 e. The Kier molecular flexibility index (Phi) is 9.67. The molecule has 2 saturated carbocycles. The second kappa shape index (κ2) is 13.2. The molecular weight excluding hydrogens is 610 g/mol. The molecule has 3 aliphatic rings. The summed E-state index contributed by atoms with van der Waals surface area (Å²) in [6, 6.07) is 2.78. The van der Waals surface area contributed by atoms with E-state index in [4.69, 9.17) is 4.74 Å². The molecule has 2 atom stereocenters. The number of carbonyl (C=O) groups excluding carboxylic acids is 2. The van der Waals surface area contributed by atoms with E-state index in [1.165, 1.54) is 6.07 Å². The van der Waals surface area contributed by atoms with E-state index in [9.17, 15) is 14.4 Å². The van der Waals surface area contributed by atoms with E-state index in [2.05, 4.69) is 26.6 Å². The lowest BCUT2D eigenvalue weighted by atomic mass is 9.78. The molecule has 11 heteroatoms. The molecule has 1 aromatic carbocycles. The summed E-state index contributed by atoms with van der Waals surface area (Å²) < 4.78 is 37.9. The minimum atomic E-state index is -0.799. The normalized spacial score (nSPS) is 19.4. The number of anilines is 1. The fourth-order valence-electron chi connectivity index (χ4n) is 6.27. The zero-order valence-electron chi connectivity index (χ0n) is 24.1. The van der Waals surface area contributed by atoms with Crippen molar-refractivity contribution < 1.29 is 23.1 Å². The number of aromatic nitrogens is 1. The van der Waals surface area contributed by atoms with E-state index < -0.39 is 35.5 Å². The highest BCUT2D eigenvalue weighted by molar-refractivity contribution is 9.10. The van der Waals surface area contributed by atoms with Crippen LogP contribution in [-0.2, 0) is 4.74 Å². The van der Waals surface area contributed by atoms with Crippen LogP contribution >= 0.6 is 15.9 Å². The van der Waals surface area contributed by atoms with Gasteiger partial charge >= 0.3 is 0 Å². The van der Waals surface area contributed by atoms with Crippen LogP contribution in [0.15, 0.2) is 33.7 Å². The van der Waals surface area contributed by atoms with Gasteiger partial charge in [-0.1, -0.05) is 33.1 Å². The second-order valence-electron chi connectivity index (χ2n) is 12.0. The van der Waals surface area contributed by atoms with Crippen molar-refractivity contribution >= 4 is 33.4 Å². The van der Waals surface area contributed by atoms with E-state index in [1.54, 1.807) is 15.7 Å². The van der Waals surface area contributed by atoms with Crippen molar-refractivity contribution in [3.8, 4) is 0 Å². The quantitative estimate of drug-likeness (QED) is 0.390. The molecule has 1 aliphatic heterocycles. The summed E-state index contributed by atoms with van der Waals surface area (Å²) in [5.41, 5.74) is -0.573. The summed E-state index contributed by atoms with van der Waals surface area (Å²) in [6.07, 6.45) is 8.30. The topological polar surface area (TPSA) is 92.7 Å². The number of rotatable bonds is 9. The molecule has 3 fully saturated rings. The molecule has 0 radical (unpaired) electrons. The maximum atomic E-state index is 15.2. The Bertz CT molecular complexity index is 1340. The zero-order valence-corrected chi connectivity index (χ0v) is 25.7. The Hall–Kier alpha value is -2.79. The van der Waals surface area contributed by atoms with Crippen LogP contribution in [0.3, 0.4) is 0 Å². The SMILES string of the molecule is CC(C)C(NC(=O)c1cc(Br)cn(C2CC2)c1=O)C(NC(=O)c1cc(F)c(N2CCOCC2)c(F)c1)C1CCCCC1. The minimum absolute atomic E-state index is 0.0403. The lowest BCUT2D eigenvalue weighted by molar-refractivity contribution is 0.0816. The Morgan fingerprint density at radius 1 is 0.952 bits per heavy atom. The second-order valence-corrected chi connectivity index (χ2v) is 13.0. The Morgan fingerprint density at radius 3 is 2.19 bits per heavy atom. The first-order valence-electron chi connectivity index (χ1n) is 15.0. The molecule has 2 heterocycles. The molecule has 5 rings (SSSR count). The van der Waals surface area contributed by atoms with E-state index in [0.29, 0.717) is 30.8 Å². The summed E-state index contributed by atoms with van der Waals surface area (Å²) >= 11 is 3.43. The fraction of sp³-hybridized carbons (Fsp3) is 0.581. The van der Waals surface area contributed by atoms with Gasteiger partial charge in [-0.25, -0.2) is 8.78 Å². The van der Waals surface area contributed by atoms with Crippen molar-refractivity contribution in [2.24, 2.45) is 11.8 Å².